The van der Waals surface area contributed by atoms with Crippen molar-refractivity contribution in [2.45, 2.75) is 13.6 Å². The van der Waals surface area contributed by atoms with Crippen LogP contribution < -0.4 is 14.9 Å². The molecule has 0 unspecified atom stereocenters. The van der Waals surface area contributed by atoms with Crippen LogP contribution in [0, 0.1) is 0 Å². The highest BCUT2D eigenvalue weighted by atomic mass is 32.1. The minimum Gasteiger partial charge on any atom is -0.542 e. The van der Waals surface area contributed by atoms with Gasteiger partial charge >= 0.3 is 11.8 Å². The number of aromatic amines is 2. The predicted molar refractivity (Wildman–Crippen MR) is 115 cm³/mol. The number of fused-ring (bicyclic) bond motifs is 1. The first-order valence-corrected chi connectivity index (χ1v) is 10.1. The average molecular weight is 498 g/mol. The van der Waals surface area contributed by atoms with E-state index in [1.54, 1.807) is 13.3 Å². The molecule has 0 aromatic carbocycles. The Kier molecular flexibility index (Phi) is 8.86. The van der Waals surface area contributed by atoms with Crippen LogP contribution in [0.4, 0.5) is 13.2 Å². The Morgan fingerprint density at radius 2 is 1.97 bits per heavy atom. The molecule has 0 aliphatic rings. The number of aliphatic carboxylic acids is 1. The van der Waals surface area contributed by atoms with Gasteiger partial charge in [0.1, 0.15) is 12.2 Å². The second-order valence-electron chi connectivity index (χ2n) is 6.44. The Labute approximate surface area is 195 Å². The topological polar surface area (TPSA) is 140 Å². The lowest BCUT2D eigenvalue weighted by atomic mass is 10.1. The lowest BCUT2D eigenvalue weighted by molar-refractivity contribution is -0.578. The number of carboxylic acid groups (broad SMARTS) is 1. The summed E-state index contributed by atoms with van der Waals surface area (Å²) >= 11 is 1.41. The Hall–Kier alpha value is -3.78. The molecule has 4 heterocycles. The average Bonchev–Trinajstić information content (AvgIpc) is 3.53. The Morgan fingerprint density at radius 1 is 1.24 bits per heavy atom. The van der Waals surface area contributed by atoms with E-state index < -0.39 is 12.1 Å². The molecule has 0 fully saturated rings. The fourth-order valence-electron chi connectivity index (χ4n) is 2.64. The number of halogens is 3. The third kappa shape index (κ3) is 6.39. The second kappa shape index (κ2) is 11.4. The maximum atomic E-state index is 12.1. The SMILES string of the molecule is C.COCCNC(=O)c1cc(-c2c[nH][n+]3cc(-c4cn[nH]c4)cnc23)cs1.O=C([O-])C(F)(F)F. The maximum absolute atomic E-state index is 12.1. The number of methoxy groups -OCH3 is 1. The summed E-state index contributed by atoms with van der Waals surface area (Å²) in [5, 5.41) is 23.5. The third-order valence-corrected chi connectivity index (χ3v) is 5.13. The van der Waals surface area contributed by atoms with E-state index in [0.717, 1.165) is 27.9 Å². The van der Waals surface area contributed by atoms with Gasteiger partial charge in [-0.05, 0) is 16.4 Å². The number of alkyl halides is 3. The number of nitrogens with one attached hydrogen (secondary N) is 3. The lowest BCUT2D eigenvalue weighted by Gasteiger charge is -2.03. The van der Waals surface area contributed by atoms with Crippen LogP contribution >= 0.6 is 11.3 Å². The van der Waals surface area contributed by atoms with Crippen molar-refractivity contribution in [3.05, 3.63) is 47.3 Å². The molecule has 0 spiro atoms. The standard InChI is InChI=1S/C17H16N6O2S.C2HF3O2.CH4/c1-25-3-2-18-17(24)15-4-11(10-26-15)14-8-22-23-9-13(5-19-16(14)23)12-6-20-21-7-12;3-2(4,5)1(6)7;/h4-10H,2-3H2,1H3,(H2,18,20,21,24);(H,6,7);1H4. The fraction of sp³-hybridized carbons (Fsp3) is 0.250. The van der Waals surface area contributed by atoms with Crippen LogP contribution in [-0.4, -0.2) is 58.6 Å². The number of H-pyrrole nitrogens is 2. The molecule has 0 saturated carbocycles. The number of rotatable bonds is 6. The van der Waals surface area contributed by atoms with Crippen molar-refractivity contribution >= 4 is 28.9 Å². The van der Waals surface area contributed by atoms with Crippen LogP contribution in [0.2, 0.25) is 0 Å². The van der Waals surface area contributed by atoms with Gasteiger partial charge in [-0.2, -0.15) is 18.3 Å². The molecule has 3 N–H and O–H groups in total. The van der Waals surface area contributed by atoms with Crippen LogP contribution in [-0.2, 0) is 9.53 Å². The molecule has 4 aromatic rings. The summed E-state index contributed by atoms with van der Waals surface area (Å²) in [4.78, 5) is 26.2. The van der Waals surface area contributed by atoms with Gasteiger partial charge in [-0.3, -0.25) is 9.89 Å². The molecular formula is C20H21F3N6O4S. The molecule has 0 bridgehead atoms. The molecule has 0 atom stereocenters. The number of carboxylic acids is 1. The highest BCUT2D eigenvalue weighted by Gasteiger charge is 2.28. The van der Waals surface area contributed by atoms with E-state index in [4.69, 9.17) is 14.6 Å². The summed E-state index contributed by atoms with van der Waals surface area (Å²) in [7, 11) is 1.61. The van der Waals surface area contributed by atoms with E-state index >= 15 is 0 Å². The summed E-state index contributed by atoms with van der Waals surface area (Å²) in [6, 6.07) is 1.88. The van der Waals surface area contributed by atoms with Crippen LogP contribution in [0.15, 0.2) is 42.4 Å². The number of nitrogens with zero attached hydrogens (tertiary/aromatic N) is 3. The predicted octanol–water partition coefficient (Wildman–Crippen LogP) is 1.58. The smallest absolute Gasteiger partial charge is 0.430 e. The molecule has 4 rings (SSSR count). The second-order valence-corrected chi connectivity index (χ2v) is 7.36. The molecule has 0 aliphatic heterocycles. The summed E-state index contributed by atoms with van der Waals surface area (Å²) in [5.74, 6) is -3.10. The van der Waals surface area contributed by atoms with Gasteiger partial charge in [-0.25, -0.2) is 5.10 Å². The van der Waals surface area contributed by atoms with Crippen molar-refractivity contribution in [3.63, 3.8) is 0 Å². The van der Waals surface area contributed by atoms with Crippen molar-refractivity contribution in [1.29, 1.82) is 0 Å². The number of ether oxygens (including phenoxy) is 1. The summed E-state index contributed by atoms with van der Waals surface area (Å²) in [5.41, 5.74) is 4.60. The normalized spacial score (nSPS) is 10.8. The molecule has 182 valence electrons. The van der Waals surface area contributed by atoms with Crippen LogP contribution in [0.3, 0.4) is 0 Å². The molecule has 34 heavy (non-hydrogen) atoms. The van der Waals surface area contributed by atoms with E-state index in [1.165, 1.54) is 11.3 Å². The zero-order valence-electron chi connectivity index (χ0n) is 17.0. The van der Waals surface area contributed by atoms with Crippen molar-refractivity contribution in [3.8, 4) is 22.3 Å². The summed E-state index contributed by atoms with van der Waals surface area (Å²) in [6.07, 6.45) is 4.03. The minimum absolute atomic E-state index is 0. The van der Waals surface area contributed by atoms with E-state index in [2.05, 4.69) is 25.6 Å². The number of amides is 1. The number of hydrogen-bond donors (Lipinski definition) is 3. The fourth-order valence-corrected chi connectivity index (χ4v) is 3.47. The van der Waals surface area contributed by atoms with Gasteiger partial charge < -0.3 is 20.0 Å². The maximum Gasteiger partial charge on any atom is 0.430 e. The number of aromatic nitrogens is 5. The van der Waals surface area contributed by atoms with Gasteiger partial charge in [0.05, 0.1) is 35.0 Å². The van der Waals surface area contributed by atoms with E-state index in [-0.39, 0.29) is 13.3 Å². The molecule has 0 radical (unpaired) electrons. The highest BCUT2D eigenvalue weighted by molar-refractivity contribution is 7.12. The first kappa shape index (κ1) is 26.5. The number of carbonyl (C=O) groups excluding carboxylic acids is 2. The van der Waals surface area contributed by atoms with Crippen LogP contribution in [0.1, 0.15) is 17.1 Å². The third-order valence-electron chi connectivity index (χ3n) is 4.20. The largest absolute Gasteiger partial charge is 0.542 e. The molecule has 10 nitrogen and oxygen atoms in total. The highest BCUT2D eigenvalue weighted by Crippen LogP contribution is 2.27. The Bertz CT molecular complexity index is 1240. The summed E-state index contributed by atoms with van der Waals surface area (Å²) in [6.45, 7) is 0.982. The van der Waals surface area contributed by atoms with E-state index in [9.17, 15) is 18.0 Å². The molecule has 4 aromatic heterocycles. The van der Waals surface area contributed by atoms with Gasteiger partial charge in [0.2, 0.25) is 0 Å². The molecule has 1 amide bonds. The monoisotopic (exact) mass is 498 g/mol. The number of carbonyl (C=O) groups is 2. The Balaban J connectivity index is 0.000000449. The van der Waals surface area contributed by atoms with Crippen LogP contribution in [0.5, 0.6) is 0 Å². The first-order valence-electron chi connectivity index (χ1n) is 9.23. The van der Waals surface area contributed by atoms with Gasteiger partial charge in [0.15, 0.2) is 6.20 Å². The number of thiophene rings is 1. The molecule has 0 saturated heterocycles. The quantitative estimate of drug-likeness (QED) is 0.272. The van der Waals surface area contributed by atoms with Gasteiger partial charge in [-0.15, -0.1) is 15.9 Å². The summed E-state index contributed by atoms with van der Waals surface area (Å²) < 4.78 is 38.3. The minimum atomic E-state index is -5.19. The van der Waals surface area contributed by atoms with E-state index in [1.807, 2.05) is 40.7 Å². The van der Waals surface area contributed by atoms with Crippen LogP contribution in [0.25, 0.3) is 27.9 Å². The molecular weight excluding hydrogens is 477 g/mol. The van der Waals surface area contributed by atoms with Crippen molar-refractivity contribution < 1.29 is 37.1 Å². The van der Waals surface area contributed by atoms with Crippen molar-refractivity contribution in [1.82, 2.24) is 25.6 Å². The zero-order valence-corrected chi connectivity index (χ0v) is 17.8. The van der Waals surface area contributed by atoms with Gasteiger partial charge in [0.25, 0.3) is 5.91 Å². The number of hydrogen-bond acceptors (Lipinski definition) is 7. The van der Waals surface area contributed by atoms with Crippen molar-refractivity contribution in [2.75, 3.05) is 20.3 Å². The van der Waals surface area contributed by atoms with E-state index in [0.29, 0.717) is 18.0 Å². The lowest BCUT2D eigenvalue weighted by Crippen LogP contribution is -2.37. The first-order chi connectivity index (χ1) is 15.7. The molecule has 14 heteroatoms. The Morgan fingerprint density at radius 3 is 2.59 bits per heavy atom. The van der Waals surface area contributed by atoms with Gasteiger partial charge in [0, 0.05) is 31.0 Å². The zero-order chi connectivity index (χ0) is 24.0. The van der Waals surface area contributed by atoms with Gasteiger partial charge in [-0.1, -0.05) is 7.43 Å². The van der Waals surface area contributed by atoms with Crippen molar-refractivity contribution in [2.24, 2.45) is 0 Å². The molecule has 0 aliphatic carbocycles.